The van der Waals surface area contributed by atoms with E-state index in [-0.39, 0.29) is 11.6 Å². The molecule has 6 nitrogen and oxygen atoms in total. The van der Waals surface area contributed by atoms with E-state index in [4.69, 9.17) is 0 Å². The van der Waals surface area contributed by atoms with Crippen molar-refractivity contribution in [3.05, 3.63) is 56.8 Å². The fourth-order valence-electron chi connectivity index (χ4n) is 2.83. The van der Waals surface area contributed by atoms with Gasteiger partial charge in [0.15, 0.2) is 0 Å². The molecular weight excluding hydrogens is 358 g/mol. The van der Waals surface area contributed by atoms with Gasteiger partial charge in [0.05, 0.1) is 36.9 Å². The second kappa shape index (κ2) is 8.46. The van der Waals surface area contributed by atoms with Gasteiger partial charge in [-0.25, -0.2) is 0 Å². The maximum absolute atomic E-state index is 12.4. The van der Waals surface area contributed by atoms with E-state index in [1.807, 2.05) is 4.90 Å². The molecule has 0 atom stereocenters. The van der Waals surface area contributed by atoms with Gasteiger partial charge in [-0.2, -0.15) is 11.3 Å². The van der Waals surface area contributed by atoms with E-state index < -0.39 is 4.92 Å². The predicted octanol–water partition coefficient (Wildman–Crippen LogP) is 1.68. The van der Waals surface area contributed by atoms with Crippen LogP contribution in [0.1, 0.15) is 5.56 Å². The van der Waals surface area contributed by atoms with Gasteiger partial charge in [-0.3, -0.25) is 14.9 Å². The van der Waals surface area contributed by atoms with Crippen LogP contribution in [0, 0.1) is 10.1 Å². The number of benzene rings is 1. The Kier molecular flexibility index (Phi) is 6.06. The smallest absolute Gasteiger partial charge is 0.269 e. The summed E-state index contributed by atoms with van der Waals surface area (Å²) in [6.07, 6.45) is 0. The summed E-state index contributed by atoms with van der Waals surface area (Å²) in [5.74, 6) is 0.510. The van der Waals surface area contributed by atoms with Crippen LogP contribution in [-0.4, -0.2) is 47.7 Å². The molecule has 2 heterocycles. The lowest BCUT2D eigenvalue weighted by Gasteiger charge is -2.32. The Hall–Kier alpha value is -1.90. The minimum Gasteiger partial charge on any atom is -0.331 e. The number of piperazine rings is 1. The minimum atomic E-state index is -0.419. The van der Waals surface area contributed by atoms with E-state index >= 15 is 0 Å². The van der Waals surface area contributed by atoms with Crippen molar-refractivity contribution in [3.63, 3.8) is 0 Å². The van der Waals surface area contributed by atoms with Crippen LogP contribution in [0.4, 0.5) is 5.69 Å². The lowest BCUT2D eigenvalue weighted by atomic mass is 10.2. The molecule has 8 heteroatoms. The number of nitrogens with zero attached hydrogens (tertiary/aromatic N) is 2. The molecule has 25 heavy (non-hydrogen) atoms. The second-order valence-electron chi connectivity index (χ2n) is 5.98. The molecule has 2 aromatic rings. The molecule has 0 unspecified atom stereocenters. The number of amides is 1. The number of quaternary nitrogens is 1. The number of hydrogen-bond donors (Lipinski definition) is 1. The lowest BCUT2D eigenvalue weighted by molar-refractivity contribution is -0.917. The van der Waals surface area contributed by atoms with Crippen molar-refractivity contribution in [3.8, 4) is 0 Å². The summed E-state index contributed by atoms with van der Waals surface area (Å²) in [6, 6.07) is 8.49. The highest BCUT2D eigenvalue weighted by Gasteiger charge is 2.23. The third-order valence-corrected chi connectivity index (χ3v) is 6.00. The Bertz CT molecular complexity index is 711. The summed E-state index contributed by atoms with van der Waals surface area (Å²) in [5.41, 5.74) is 1.44. The Morgan fingerprint density at radius 2 is 1.96 bits per heavy atom. The summed E-state index contributed by atoms with van der Waals surface area (Å²) in [4.78, 5) is 26.9. The number of thiophene rings is 1. The quantitative estimate of drug-likeness (QED) is 0.472. The second-order valence-corrected chi connectivity index (χ2v) is 7.81. The van der Waals surface area contributed by atoms with E-state index in [1.165, 1.54) is 34.4 Å². The Balaban J connectivity index is 1.42. The zero-order chi connectivity index (χ0) is 17.6. The molecule has 132 valence electrons. The molecule has 0 aliphatic carbocycles. The summed E-state index contributed by atoms with van der Waals surface area (Å²) in [6.45, 7) is 4.56. The van der Waals surface area contributed by atoms with Crippen LogP contribution in [0.5, 0.6) is 0 Å². The van der Waals surface area contributed by atoms with Crippen LogP contribution in [0.3, 0.4) is 0 Å². The van der Waals surface area contributed by atoms with Crippen molar-refractivity contribution < 1.29 is 14.6 Å². The predicted molar refractivity (Wildman–Crippen MR) is 99.1 cm³/mol. The van der Waals surface area contributed by atoms with Crippen molar-refractivity contribution >= 4 is 34.7 Å². The van der Waals surface area contributed by atoms with Gasteiger partial charge in [-0.1, -0.05) is 0 Å². The third kappa shape index (κ3) is 5.04. The first kappa shape index (κ1) is 17.9. The Labute approximate surface area is 154 Å². The first-order valence-electron chi connectivity index (χ1n) is 8.11. The van der Waals surface area contributed by atoms with E-state index in [0.717, 1.165) is 37.6 Å². The van der Waals surface area contributed by atoms with Crippen molar-refractivity contribution in [2.24, 2.45) is 0 Å². The average Bonchev–Trinajstić information content (AvgIpc) is 3.13. The van der Waals surface area contributed by atoms with E-state index in [0.29, 0.717) is 5.75 Å². The zero-order valence-corrected chi connectivity index (χ0v) is 15.4. The van der Waals surface area contributed by atoms with Crippen LogP contribution in [0.15, 0.2) is 46.0 Å². The van der Waals surface area contributed by atoms with E-state index in [9.17, 15) is 14.9 Å². The van der Waals surface area contributed by atoms with Gasteiger partial charge in [-0.15, -0.1) is 11.8 Å². The molecular formula is C17H20N3O3S2+. The fourth-order valence-corrected chi connectivity index (χ4v) is 4.30. The molecule has 1 aliphatic heterocycles. The minimum absolute atomic E-state index is 0.0698. The van der Waals surface area contributed by atoms with Gasteiger partial charge in [0, 0.05) is 22.6 Å². The average molecular weight is 378 g/mol. The number of carbonyl (C=O) groups excluding carboxylic acids is 1. The number of non-ortho nitro benzene ring substituents is 1. The number of nitrogens with one attached hydrogen (secondary N) is 1. The van der Waals surface area contributed by atoms with Gasteiger partial charge in [0.2, 0.25) is 5.91 Å². The highest BCUT2D eigenvalue weighted by atomic mass is 32.2. The molecule has 3 rings (SSSR count). The number of nitro benzene ring substituents is 1. The summed E-state index contributed by atoms with van der Waals surface area (Å²) in [7, 11) is 0. The molecule has 1 saturated heterocycles. The fraction of sp³-hybridized carbons (Fsp3) is 0.353. The maximum Gasteiger partial charge on any atom is 0.269 e. The third-order valence-electron chi connectivity index (χ3n) is 4.27. The molecule has 0 spiro atoms. The number of rotatable bonds is 6. The Morgan fingerprint density at radius 3 is 2.56 bits per heavy atom. The summed E-state index contributed by atoms with van der Waals surface area (Å²) in [5, 5.41) is 14.9. The zero-order valence-electron chi connectivity index (χ0n) is 13.7. The SMILES string of the molecule is O=C(CSc1ccc([N+](=O)[O-])cc1)N1CC[NH+](Cc2ccsc2)CC1. The van der Waals surface area contributed by atoms with Gasteiger partial charge in [-0.05, 0) is 29.0 Å². The molecule has 1 aromatic heterocycles. The topological polar surface area (TPSA) is 67.9 Å². The molecule has 0 saturated carbocycles. The van der Waals surface area contributed by atoms with E-state index in [1.54, 1.807) is 23.5 Å². The maximum atomic E-state index is 12.4. The molecule has 1 N–H and O–H groups in total. The lowest BCUT2D eigenvalue weighted by Crippen LogP contribution is -3.13. The molecule has 1 amide bonds. The highest BCUT2D eigenvalue weighted by Crippen LogP contribution is 2.21. The van der Waals surface area contributed by atoms with Crippen molar-refractivity contribution in [2.75, 3.05) is 31.9 Å². The van der Waals surface area contributed by atoms with Crippen LogP contribution < -0.4 is 4.90 Å². The molecule has 0 radical (unpaired) electrons. The van der Waals surface area contributed by atoms with E-state index in [2.05, 4.69) is 16.8 Å². The normalized spacial score (nSPS) is 15.3. The van der Waals surface area contributed by atoms with Crippen molar-refractivity contribution in [1.29, 1.82) is 0 Å². The first-order chi connectivity index (χ1) is 12.1. The Morgan fingerprint density at radius 1 is 1.24 bits per heavy atom. The van der Waals surface area contributed by atoms with Crippen LogP contribution in [-0.2, 0) is 11.3 Å². The van der Waals surface area contributed by atoms with Crippen LogP contribution in [0.25, 0.3) is 0 Å². The van der Waals surface area contributed by atoms with Gasteiger partial charge < -0.3 is 9.80 Å². The van der Waals surface area contributed by atoms with Crippen molar-refractivity contribution in [2.45, 2.75) is 11.4 Å². The van der Waals surface area contributed by atoms with Gasteiger partial charge >= 0.3 is 0 Å². The van der Waals surface area contributed by atoms with Crippen LogP contribution >= 0.6 is 23.1 Å². The largest absolute Gasteiger partial charge is 0.331 e. The van der Waals surface area contributed by atoms with Crippen LogP contribution in [0.2, 0.25) is 0 Å². The molecule has 1 aliphatic rings. The highest BCUT2D eigenvalue weighted by molar-refractivity contribution is 8.00. The first-order valence-corrected chi connectivity index (χ1v) is 10.0. The summed E-state index contributed by atoms with van der Waals surface area (Å²) < 4.78 is 0. The molecule has 1 aromatic carbocycles. The van der Waals surface area contributed by atoms with Gasteiger partial charge in [0.1, 0.15) is 6.54 Å². The summed E-state index contributed by atoms with van der Waals surface area (Å²) >= 11 is 3.15. The van der Waals surface area contributed by atoms with Gasteiger partial charge in [0.25, 0.3) is 5.69 Å². The van der Waals surface area contributed by atoms with Crippen molar-refractivity contribution in [1.82, 2.24) is 4.90 Å². The standard InChI is InChI=1S/C17H19N3O3S2/c21-17(13-25-16-3-1-15(2-4-16)20(22)23)19-8-6-18(7-9-19)11-14-5-10-24-12-14/h1-5,10,12H,6-9,11,13H2/p+1. The number of hydrogen-bond acceptors (Lipinski definition) is 5. The molecule has 1 fully saturated rings. The number of thioether (sulfide) groups is 1. The monoisotopic (exact) mass is 378 g/mol. The molecule has 0 bridgehead atoms. The number of carbonyl (C=O) groups is 1. The number of nitro groups is 1.